The molecule has 0 aliphatic rings. The Hall–Kier alpha value is -1.44. The monoisotopic (exact) mass is 262 g/mol. The van der Waals surface area contributed by atoms with Gasteiger partial charge >= 0.3 is 11.9 Å². The molecule has 0 spiro atoms. The predicted octanol–water partition coefficient (Wildman–Crippen LogP) is -0.632. The lowest BCUT2D eigenvalue weighted by atomic mass is 10.3. The fraction of sp³-hybridized carbons (Fsp3) is 0.636. The highest BCUT2D eigenvalue weighted by Crippen LogP contribution is 1.97. The lowest BCUT2D eigenvalue weighted by molar-refractivity contribution is -0.159. The minimum atomic E-state index is -0.744. The van der Waals surface area contributed by atoms with E-state index in [4.69, 9.17) is 19.7 Å². The molecule has 0 aromatic carbocycles. The Balaban J connectivity index is 3.29. The van der Waals surface area contributed by atoms with E-state index in [9.17, 15) is 9.59 Å². The van der Waals surface area contributed by atoms with Crippen molar-refractivity contribution in [2.24, 2.45) is 0 Å². The highest BCUT2D eigenvalue weighted by molar-refractivity contribution is 5.87. The molecule has 0 aromatic rings. The fourth-order valence-electron chi connectivity index (χ4n) is 0.850. The Kier molecular flexibility index (Phi) is 9.84. The van der Waals surface area contributed by atoms with E-state index in [2.05, 4.69) is 11.3 Å². The maximum absolute atomic E-state index is 11.0. The molecule has 0 heterocycles. The van der Waals surface area contributed by atoms with Crippen LogP contribution in [0.15, 0.2) is 12.2 Å². The number of ether oxygens (including phenoxy) is 3. The second-order valence-electron chi connectivity index (χ2n) is 3.31. The Morgan fingerprint density at radius 2 is 1.67 bits per heavy atom. The molecule has 0 saturated heterocycles. The minimum absolute atomic E-state index is 0.0159. The molecular weight excluding hydrogens is 244 g/mol. The first-order valence-electron chi connectivity index (χ1n) is 5.41. The quantitative estimate of drug-likeness (QED) is 0.234. The van der Waals surface area contributed by atoms with Crippen LogP contribution in [0.1, 0.15) is 12.8 Å². The SMILES string of the molecule is C=C(CO)C(=O)OCCCCOCOC(=O)CO. The van der Waals surface area contributed by atoms with Gasteiger partial charge in [0.25, 0.3) is 0 Å². The minimum Gasteiger partial charge on any atom is -0.462 e. The van der Waals surface area contributed by atoms with E-state index in [1.54, 1.807) is 0 Å². The summed E-state index contributed by atoms with van der Waals surface area (Å²) in [7, 11) is 0. The summed E-state index contributed by atoms with van der Waals surface area (Å²) in [6.07, 6.45) is 1.20. The largest absolute Gasteiger partial charge is 0.462 e. The maximum atomic E-state index is 11.0. The van der Waals surface area contributed by atoms with Crippen LogP contribution in [0.5, 0.6) is 0 Å². The van der Waals surface area contributed by atoms with Crippen molar-refractivity contribution in [3.8, 4) is 0 Å². The molecule has 0 fully saturated rings. The topological polar surface area (TPSA) is 102 Å². The number of carbonyl (C=O) groups is 2. The second kappa shape index (κ2) is 10.7. The van der Waals surface area contributed by atoms with E-state index < -0.39 is 25.2 Å². The number of rotatable bonds is 10. The third-order valence-corrected chi connectivity index (χ3v) is 1.83. The summed E-state index contributed by atoms with van der Waals surface area (Å²) in [6.45, 7) is 2.57. The molecule has 0 radical (unpaired) electrons. The van der Waals surface area contributed by atoms with Gasteiger partial charge in [-0.25, -0.2) is 9.59 Å². The zero-order valence-corrected chi connectivity index (χ0v) is 10.1. The van der Waals surface area contributed by atoms with Gasteiger partial charge in [-0.3, -0.25) is 0 Å². The van der Waals surface area contributed by atoms with Gasteiger partial charge in [0.15, 0.2) is 6.79 Å². The van der Waals surface area contributed by atoms with Gasteiger partial charge in [0.2, 0.25) is 0 Å². The fourth-order valence-corrected chi connectivity index (χ4v) is 0.850. The third-order valence-electron chi connectivity index (χ3n) is 1.83. The van der Waals surface area contributed by atoms with Crippen LogP contribution < -0.4 is 0 Å². The van der Waals surface area contributed by atoms with Gasteiger partial charge < -0.3 is 24.4 Å². The van der Waals surface area contributed by atoms with Gasteiger partial charge in [-0.1, -0.05) is 6.58 Å². The van der Waals surface area contributed by atoms with Gasteiger partial charge in [0.1, 0.15) is 6.61 Å². The lowest BCUT2D eigenvalue weighted by Crippen LogP contribution is -2.13. The first-order chi connectivity index (χ1) is 8.61. The molecule has 0 aromatic heterocycles. The molecule has 2 N–H and O–H groups in total. The summed E-state index contributed by atoms with van der Waals surface area (Å²) in [5.41, 5.74) is 0.0159. The molecule has 7 heteroatoms. The van der Waals surface area contributed by atoms with E-state index in [0.717, 1.165) is 0 Å². The highest BCUT2D eigenvalue weighted by atomic mass is 16.7. The molecule has 0 atom stereocenters. The van der Waals surface area contributed by atoms with Crippen LogP contribution in [0.3, 0.4) is 0 Å². The van der Waals surface area contributed by atoms with Crippen LogP contribution in [0.2, 0.25) is 0 Å². The zero-order valence-electron chi connectivity index (χ0n) is 10.1. The molecule has 0 amide bonds. The summed E-state index contributed by atoms with van der Waals surface area (Å²) in [5, 5.41) is 16.9. The van der Waals surface area contributed by atoms with Gasteiger partial charge in [0.05, 0.1) is 25.4 Å². The zero-order chi connectivity index (χ0) is 13.8. The summed E-state index contributed by atoms with van der Waals surface area (Å²) >= 11 is 0. The van der Waals surface area contributed by atoms with Crippen LogP contribution >= 0.6 is 0 Å². The van der Waals surface area contributed by atoms with E-state index >= 15 is 0 Å². The van der Waals surface area contributed by atoms with Gasteiger partial charge in [-0.05, 0) is 12.8 Å². The summed E-state index contributed by atoms with van der Waals surface area (Å²) < 4.78 is 14.2. The van der Waals surface area contributed by atoms with E-state index in [-0.39, 0.29) is 19.0 Å². The number of carbonyl (C=O) groups excluding carboxylic acids is 2. The first kappa shape index (κ1) is 16.6. The number of esters is 2. The molecule has 7 nitrogen and oxygen atoms in total. The van der Waals surface area contributed by atoms with Crippen molar-refractivity contribution in [2.75, 3.05) is 33.2 Å². The van der Waals surface area contributed by atoms with Gasteiger partial charge in [-0.2, -0.15) is 0 Å². The lowest BCUT2D eigenvalue weighted by Gasteiger charge is -2.06. The van der Waals surface area contributed by atoms with Crippen molar-refractivity contribution in [2.45, 2.75) is 12.8 Å². The molecule has 104 valence electrons. The molecule has 0 aliphatic carbocycles. The van der Waals surface area contributed by atoms with E-state index in [1.807, 2.05) is 0 Å². The average Bonchev–Trinajstić information content (AvgIpc) is 2.39. The van der Waals surface area contributed by atoms with Crippen molar-refractivity contribution in [1.29, 1.82) is 0 Å². The summed E-state index contributed by atoms with van der Waals surface area (Å²) in [5.74, 6) is -1.36. The average molecular weight is 262 g/mol. The Labute approximate surface area is 105 Å². The van der Waals surface area contributed by atoms with Crippen LogP contribution in [0.25, 0.3) is 0 Å². The van der Waals surface area contributed by atoms with E-state index in [0.29, 0.717) is 19.4 Å². The maximum Gasteiger partial charge on any atom is 0.335 e. The van der Waals surface area contributed by atoms with Crippen LogP contribution in [-0.4, -0.2) is 55.4 Å². The molecule has 0 saturated carbocycles. The van der Waals surface area contributed by atoms with E-state index in [1.165, 1.54) is 0 Å². The van der Waals surface area contributed by atoms with Crippen molar-refractivity contribution >= 4 is 11.9 Å². The Morgan fingerprint density at radius 1 is 1.00 bits per heavy atom. The third kappa shape index (κ3) is 8.68. The Bertz CT molecular complexity index is 275. The summed E-state index contributed by atoms with van der Waals surface area (Å²) in [4.78, 5) is 21.5. The number of aliphatic hydroxyl groups excluding tert-OH is 2. The molecule has 0 bridgehead atoms. The molecule has 0 unspecified atom stereocenters. The normalized spacial score (nSPS) is 9.89. The molecular formula is C11H18O7. The number of unbranched alkanes of at least 4 members (excludes halogenated alkanes) is 1. The number of aliphatic hydroxyl groups is 2. The number of hydrogen-bond donors (Lipinski definition) is 2. The second-order valence-corrected chi connectivity index (χ2v) is 3.31. The molecule has 0 aliphatic heterocycles. The Morgan fingerprint density at radius 3 is 2.28 bits per heavy atom. The van der Waals surface area contributed by atoms with Crippen molar-refractivity contribution < 1.29 is 34.0 Å². The molecule has 18 heavy (non-hydrogen) atoms. The molecule has 0 rings (SSSR count). The van der Waals surface area contributed by atoms with Crippen molar-refractivity contribution in [3.63, 3.8) is 0 Å². The smallest absolute Gasteiger partial charge is 0.335 e. The predicted molar refractivity (Wildman–Crippen MR) is 60.4 cm³/mol. The van der Waals surface area contributed by atoms with Crippen LogP contribution in [-0.2, 0) is 23.8 Å². The standard InChI is InChI=1S/C11H18O7/c1-9(6-12)11(15)17-5-3-2-4-16-8-18-10(14)7-13/h12-13H,1-8H2. The summed E-state index contributed by atoms with van der Waals surface area (Å²) in [6, 6.07) is 0. The van der Waals surface area contributed by atoms with Crippen LogP contribution in [0.4, 0.5) is 0 Å². The van der Waals surface area contributed by atoms with Crippen molar-refractivity contribution in [3.05, 3.63) is 12.2 Å². The van der Waals surface area contributed by atoms with Gasteiger partial charge in [-0.15, -0.1) is 0 Å². The highest BCUT2D eigenvalue weighted by Gasteiger charge is 2.06. The van der Waals surface area contributed by atoms with Gasteiger partial charge in [0, 0.05) is 0 Å². The number of hydrogen-bond acceptors (Lipinski definition) is 7. The first-order valence-corrected chi connectivity index (χ1v) is 5.41. The van der Waals surface area contributed by atoms with Crippen LogP contribution in [0, 0.1) is 0 Å². The van der Waals surface area contributed by atoms with Crippen molar-refractivity contribution in [1.82, 2.24) is 0 Å².